The summed E-state index contributed by atoms with van der Waals surface area (Å²) in [6.07, 6.45) is 0. The summed E-state index contributed by atoms with van der Waals surface area (Å²) in [5.74, 6) is -0.815. The maximum absolute atomic E-state index is 12.5. The molecule has 0 saturated carbocycles. The Hall–Kier alpha value is -1.66. The van der Waals surface area contributed by atoms with E-state index < -0.39 is 22.0 Å². The highest BCUT2D eigenvalue weighted by molar-refractivity contribution is 7.94. The molecule has 0 aromatic heterocycles. The normalized spacial score (nSPS) is 13.6. The van der Waals surface area contributed by atoms with E-state index in [0.29, 0.717) is 4.90 Å². The molecule has 2 N–H and O–H groups in total. The van der Waals surface area contributed by atoms with Crippen LogP contribution in [0.1, 0.15) is 16.4 Å². The van der Waals surface area contributed by atoms with Crippen molar-refractivity contribution < 1.29 is 12.9 Å². The van der Waals surface area contributed by atoms with Crippen LogP contribution >= 0.6 is 12.1 Å². The zero-order valence-electron chi connectivity index (χ0n) is 11.1. The zero-order chi connectivity index (χ0) is 15.2. The molecule has 110 valence electrons. The summed E-state index contributed by atoms with van der Waals surface area (Å²) in [7, 11) is -1.47. The molecule has 2 rings (SSSR count). The van der Waals surface area contributed by atoms with Gasteiger partial charge in [0.05, 0.1) is 17.4 Å². The van der Waals surface area contributed by atoms with Gasteiger partial charge in [0.2, 0.25) is 5.91 Å². The van der Waals surface area contributed by atoms with Gasteiger partial charge in [0.15, 0.2) is 0 Å². The molecule has 2 aromatic carbocycles. The average Bonchev–Trinajstić information content (AvgIpc) is 2.48. The lowest BCUT2D eigenvalue weighted by atomic mass is 10.0. The lowest BCUT2D eigenvalue weighted by molar-refractivity contribution is -0.115. The van der Waals surface area contributed by atoms with Crippen molar-refractivity contribution in [2.24, 2.45) is 5.73 Å². The van der Waals surface area contributed by atoms with Gasteiger partial charge in [-0.3, -0.25) is 9.00 Å². The first-order chi connectivity index (χ1) is 10.1. The van der Waals surface area contributed by atoms with Crippen LogP contribution in [0.3, 0.4) is 0 Å². The van der Waals surface area contributed by atoms with E-state index in [2.05, 4.69) is 0 Å². The molecule has 21 heavy (non-hydrogen) atoms. The van der Waals surface area contributed by atoms with Crippen LogP contribution in [0.25, 0.3) is 0 Å². The number of hydrogen-bond acceptors (Lipinski definition) is 3. The largest absolute Gasteiger partial charge is 0.369 e. The van der Waals surface area contributed by atoms with E-state index >= 15 is 0 Å². The van der Waals surface area contributed by atoms with Crippen LogP contribution in [0.5, 0.6) is 0 Å². The summed E-state index contributed by atoms with van der Waals surface area (Å²) in [6.45, 7) is 0. The Morgan fingerprint density at radius 3 is 2.19 bits per heavy atom. The highest BCUT2D eigenvalue weighted by Gasteiger charge is 2.22. The first kappa shape index (κ1) is 15.7. The number of carbonyl (C=O) groups is 1. The van der Waals surface area contributed by atoms with Gasteiger partial charge in [-0.1, -0.05) is 42.5 Å². The van der Waals surface area contributed by atoms with Crippen LogP contribution in [0, 0.1) is 0 Å². The van der Waals surface area contributed by atoms with Crippen molar-refractivity contribution in [3.05, 3.63) is 65.7 Å². The molecule has 0 heterocycles. The molecular formula is C15H14FNO2S2. The molecule has 0 aliphatic carbocycles. The van der Waals surface area contributed by atoms with E-state index in [1.807, 2.05) is 30.3 Å². The van der Waals surface area contributed by atoms with Gasteiger partial charge in [0.1, 0.15) is 5.75 Å². The first-order valence-electron chi connectivity index (χ1n) is 6.21. The van der Waals surface area contributed by atoms with Crippen LogP contribution in [0.15, 0.2) is 59.5 Å². The number of nitrogens with two attached hydrogens (primary N) is 1. The second-order valence-electron chi connectivity index (χ2n) is 4.43. The topological polar surface area (TPSA) is 60.2 Å². The molecular weight excluding hydrogens is 309 g/mol. The monoisotopic (exact) mass is 323 g/mol. The Morgan fingerprint density at radius 2 is 1.67 bits per heavy atom. The minimum absolute atomic E-state index is 0.154. The van der Waals surface area contributed by atoms with E-state index in [1.54, 1.807) is 24.3 Å². The van der Waals surface area contributed by atoms with Crippen molar-refractivity contribution in [3.8, 4) is 0 Å². The molecule has 0 bridgehead atoms. The molecule has 0 aliphatic heterocycles. The SMILES string of the molecule is NC(=O)CS(=O)C(c1ccccc1)c1ccc(SF)cc1. The number of rotatable bonds is 6. The maximum Gasteiger partial charge on any atom is 0.230 e. The molecule has 2 unspecified atom stereocenters. The maximum atomic E-state index is 12.5. The van der Waals surface area contributed by atoms with E-state index in [0.717, 1.165) is 11.1 Å². The van der Waals surface area contributed by atoms with Crippen LogP contribution < -0.4 is 5.73 Å². The van der Waals surface area contributed by atoms with Gasteiger partial charge in [-0.15, -0.1) is 0 Å². The molecule has 0 radical (unpaired) electrons. The fourth-order valence-corrected chi connectivity index (χ4v) is 3.65. The van der Waals surface area contributed by atoms with Crippen molar-refractivity contribution in [2.45, 2.75) is 10.1 Å². The van der Waals surface area contributed by atoms with Gasteiger partial charge < -0.3 is 5.73 Å². The number of primary amides is 1. The third-order valence-corrected chi connectivity index (χ3v) is 5.01. The second-order valence-corrected chi connectivity index (χ2v) is 6.58. The Labute approximate surface area is 129 Å². The van der Waals surface area contributed by atoms with Gasteiger partial charge in [0.25, 0.3) is 0 Å². The van der Waals surface area contributed by atoms with Gasteiger partial charge in [-0.05, 0) is 23.3 Å². The molecule has 0 fully saturated rings. The third kappa shape index (κ3) is 4.15. The molecule has 2 aromatic rings. The summed E-state index contributed by atoms with van der Waals surface area (Å²) in [4.78, 5) is 11.5. The molecule has 2 atom stereocenters. The fourth-order valence-electron chi connectivity index (χ4n) is 2.04. The van der Waals surface area contributed by atoms with E-state index in [9.17, 15) is 12.9 Å². The molecule has 3 nitrogen and oxygen atoms in total. The second kappa shape index (κ2) is 7.38. The zero-order valence-corrected chi connectivity index (χ0v) is 12.7. The minimum atomic E-state index is -1.47. The summed E-state index contributed by atoms with van der Waals surface area (Å²) in [5.41, 5.74) is 6.74. The number of halogens is 1. The highest BCUT2D eigenvalue weighted by atomic mass is 32.2. The Bertz CT molecular complexity index is 632. The van der Waals surface area contributed by atoms with E-state index in [-0.39, 0.29) is 17.9 Å². The molecule has 6 heteroatoms. The minimum Gasteiger partial charge on any atom is -0.369 e. The molecule has 0 spiro atoms. The van der Waals surface area contributed by atoms with Gasteiger partial charge in [-0.2, -0.15) is 3.89 Å². The predicted octanol–water partition coefficient (Wildman–Crippen LogP) is 2.99. The molecule has 0 saturated heterocycles. The predicted molar refractivity (Wildman–Crippen MR) is 83.9 cm³/mol. The summed E-state index contributed by atoms with van der Waals surface area (Å²) >= 11 is 0.154. The van der Waals surface area contributed by atoms with Crippen LogP contribution in [0.4, 0.5) is 3.89 Å². The van der Waals surface area contributed by atoms with Crippen LogP contribution in [0.2, 0.25) is 0 Å². The average molecular weight is 323 g/mol. The van der Waals surface area contributed by atoms with Crippen LogP contribution in [-0.2, 0) is 15.6 Å². The van der Waals surface area contributed by atoms with Crippen molar-refractivity contribution in [1.29, 1.82) is 0 Å². The fraction of sp³-hybridized carbons (Fsp3) is 0.133. The molecule has 1 amide bonds. The Balaban J connectivity index is 2.39. The van der Waals surface area contributed by atoms with Gasteiger partial charge in [0, 0.05) is 15.7 Å². The van der Waals surface area contributed by atoms with Crippen molar-refractivity contribution in [3.63, 3.8) is 0 Å². The smallest absolute Gasteiger partial charge is 0.230 e. The summed E-state index contributed by atoms with van der Waals surface area (Å²) < 4.78 is 24.9. The van der Waals surface area contributed by atoms with Gasteiger partial charge in [-0.25, -0.2) is 0 Å². The highest BCUT2D eigenvalue weighted by Crippen LogP contribution is 2.30. The van der Waals surface area contributed by atoms with Crippen molar-refractivity contribution in [2.75, 3.05) is 5.75 Å². The number of amides is 1. The van der Waals surface area contributed by atoms with Gasteiger partial charge >= 0.3 is 0 Å². The first-order valence-corrected chi connectivity index (χ1v) is 8.30. The molecule has 0 aliphatic rings. The van der Waals surface area contributed by atoms with Crippen molar-refractivity contribution in [1.82, 2.24) is 0 Å². The Morgan fingerprint density at radius 1 is 1.10 bits per heavy atom. The summed E-state index contributed by atoms with van der Waals surface area (Å²) in [5, 5.41) is -0.461. The third-order valence-electron chi connectivity index (χ3n) is 2.92. The Kier molecular flexibility index (Phi) is 5.52. The lowest BCUT2D eigenvalue weighted by Gasteiger charge is -2.17. The van der Waals surface area contributed by atoms with E-state index in [4.69, 9.17) is 5.73 Å². The number of benzene rings is 2. The summed E-state index contributed by atoms with van der Waals surface area (Å²) in [6, 6.07) is 15.9. The van der Waals surface area contributed by atoms with Crippen molar-refractivity contribution >= 4 is 28.9 Å². The van der Waals surface area contributed by atoms with Crippen LogP contribution in [-0.4, -0.2) is 15.9 Å². The standard InChI is InChI=1S/C15H14FNO2S2/c16-20-13-8-6-12(7-9-13)15(21(19)10-14(17)18)11-4-2-1-3-5-11/h1-9,15H,10H2,(H2,17,18). The quantitative estimate of drug-likeness (QED) is 0.889. The van der Waals surface area contributed by atoms with E-state index in [1.165, 1.54) is 0 Å². The lowest BCUT2D eigenvalue weighted by Crippen LogP contribution is -2.23. The number of hydrogen-bond donors (Lipinski definition) is 1. The number of carbonyl (C=O) groups excluding carboxylic acids is 1.